The van der Waals surface area contributed by atoms with Gasteiger partial charge in [0.25, 0.3) is 0 Å². The Labute approximate surface area is 231 Å². The minimum absolute atomic E-state index is 0.0399. The molecule has 0 radical (unpaired) electrons. The Morgan fingerprint density at radius 2 is 1.18 bits per heavy atom. The summed E-state index contributed by atoms with van der Waals surface area (Å²) in [5, 5.41) is 40.9. The third kappa shape index (κ3) is 11.3. The number of hydrogen-bond acceptors (Lipinski definition) is 10. The number of benzene rings is 1. The minimum Gasteiger partial charge on any atom is -0.478 e. The summed E-state index contributed by atoms with van der Waals surface area (Å²) in [7, 11) is 0. The molecule has 0 aromatic heterocycles. The lowest BCUT2D eigenvalue weighted by molar-refractivity contribution is -0.131. The standard InChI is InChI=1S/C27H47N9O3/c1-2-34-26-16-28-9-12-31-19-27(20-32-13-10-29-17-26,21-33-14-11-30-18-26)35-15-22-3-5-23(6-4-22)36-24(37)7-8-25(38)39/h3-8,28-35H,2,9-21H2,1H3,(H,36,37)(H,38,39)/b8-7+. The number of carboxylic acid groups (broad SMARTS) is 1. The summed E-state index contributed by atoms with van der Waals surface area (Å²) < 4.78 is 0. The van der Waals surface area contributed by atoms with Crippen molar-refractivity contribution in [3.63, 3.8) is 0 Å². The van der Waals surface area contributed by atoms with E-state index in [0.717, 1.165) is 103 Å². The summed E-state index contributed by atoms with van der Waals surface area (Å²) in [6.45, 7) is 14.1. The molecule has 0 saturated carbocycles. The van der Waals surface area contributed by atoms with Gasteiger partial charge in [0.1, 0.15) is 0 Å². The lowest BCUT2D eigenvalue weighted by Crippen LogP contribution is -2.66. The highest BCUT2D eigenvalue weighted by Crippen LogP contribution is 2.12. The summed E-state index contributed by atoms with van der Waals surface area (Å²) in [6, 6.07) is 7.59. The van der Waals surface area contributed by atoms with Crippen molar-refractivity contribution in [3.8, 4) is 0 Å². The molecule has 3 aliphatic rings. The number of aliphatic carboxylic acids is 1. The van der Waals surface area contributed by atoms with Gasteiger partial charge in [-0.3, -0.25) is 4.79 Å². The van der Waals surface area contributed by atoms with Crippen LogP contribution < -0.4 is 47.9 Å². The van der Waals surface area contributed by atoms with Gasteiger partial charge in [0, 0.05) is 103 Å². The molecule has 1 aromatic carbocycles. The highest BCUT2D eigenvalue weighted by atomic mass is 16.4. The molecule has 12 heteroatoms. The number of carboxylic acids is 1. The smallest absolute Gasteiger partial charge is 0.328 e. The Bertz CT molecular complexity index is 867. The van der Waals surface area contributed by atoms with Crippen LogP contribution in [0.15, 0.2) is 36.4 Å². The Morgan fingerprint density at radius 1 is 0.744 bits per heavy atom. The normalized spacial score (nSPS) is 26.1. The number of nitrogens with one attached hydrogen (secondary N) is 9. The van der Waals surface area contributed by atoms with E-state index in [4.69, 9.17) is 5.11 Å². The fourth-order valence-electron chi connectivity index (χ4n) is 4.95. The molecule has 3 heterocycles. The number of hydrogen-bond donors (Lipinski definition) is 10. The largest absolute Gasteiger partial charge is 0.478 e. The molecule has 1 aromatic rings. The summed E-state index contributed by atoms with van der Waals surface area (Å²) in [6.07, 6.45) is 1.82. The van der Waals surface area contributed by atoms with Crippen LogP contribution in [0.25, 0.3) is 0 Å². The zero-order chi connectivity index (χ0) is 27.8. The van der Waals surface area contributed by atoms with Crippen LogP contribution >= 0.6 is 0 Å². The monoisotopic (exact) mass is 545 g/mol. The van der Waals surface area contributed by atoms with Gasteiger partial charge < -0.3 is 53.0 Å². The molecule has 1 amide bonds. The zero-order valence-corrected chi connectivity index (χ0v) is 23.1. The van der Waals surface area contributed by atoms with Crippen molar-refractivity contribution in [2.75, 3.05) is 90.4 Å². The second kappa shape index (κ2) is 16.6. The maximum absolute atomic E-state index is 11.9. The number of carbonyl (C=O) groups is 2. The molecule has 3 fully saturated rings. The van der Waals surface area contributed by atoms with Gasteiger partial charge in [-0.1, -0.05) is 19.1 Å². The van der Waals surface area contributed by atoms with Gasteiger partial charge >= 0.3 is 5.97 Å². The molecule has 39 heavy (non-hydrogen) atoms. The van der Waals surface area contributed by atoms with Gasteiger partial charge in [-0.05, 0) is 24.2 Å². The van der Waals surface area contributed by atoms with Crippen LogP contribution in [-0.2, 0) is 16.1 Å². The molecule has 2 bridgehead atoms. The summed E-state index contributed by atoms with van der Waals surface area (Å²) in [5.41, 5.74) is 1.45. The molecular formula is C27H47N9O3. The van der Waals surface area contributed by atoms with Gasteiger partial charge in [0.05, 0.1) is 11.1 Å². The number of anilines is 1. The van der Waals surface area contributed by atoms with Crippen LogP contribution in [0.1, 0.15) is 12.5 Å². The van der Waals surface area contributed by atoms with Gasteiger partial charge in [0.15, 0.2) is 0 Å². The Balaban J connectivity index is 1.65. The molecule has 3 aliphatic heterocycles. The van der Waals surface area contributed by atoms with Crippen molar-refractivity contribution in [1.82, 2.24) is 42.5 Å². The van der Waals surface area contributed by atoms with Crippen molar-refractivity contribution in [1.29, 1.82) is 0 Å². The predicted octanol–water partition coefficient (Wildman–Crippen LogP) is -1.99. The van der Waals surface area contributed by atoms with E-state index in [2.05, 4.69) is 54.8 Å². The molecule has 3 saturated heterocycles. The van der Waals surface area contributed by atoms with Gasteiger partial charge in [0.2, 0.25) is 5.91 Å². The summed E-state index contributed by atoms with van der Waals surface area (Å²) in [5.74, 6) is -1.63. The van der Waals surface area contributed by atoms with E-state index >= 15 is 0 Å². The van der Waals surface area contributed by atoms with Gasteiger partial charge in [-0.15, -0.1) is 0 Å². The summed E-state index contributed by atoms with van der Waals surface area (Å²) >= 11 is 0. The molecule has 0 aliphatic carbocycles. The highest BCUT2D eigenvalue weighted by Gasteiger charge is 2.31. The van der Waals surface area contributed by atoms with Crippen molar-refractivity contribution in [2.45, 2.75) is 24.5 Å². The number of amides is 1. The maximum Gasteiger partial charge on any atom is 0.328 e. The zero-order valence-electron chi connectivity index (χ0n) is 23.1. The van der Waals surface area contributed by atoms with E-state index in [1.807, 2.05) is 24.3 Å². The van der Waals surface area contributed by atoms with E-state index in [9.17, 15) is 9.59 Å². The first-order chi connectivity index (χ1) is 18.9. The van der Waals surface area contributed by atoms with Gasteiger partial charge in [-0.25, -0.2) is 4.79 Å². The average molecular weight is 546 g/mol. The highest BCUT2D eigenvalue weighted by molar-refractivity contribution is 6.02. The number of rotatable bonds is 8. The molecule has 218 valence electrons. The Hall–Kier alpha value is -2.42. The quantitative estimate of drug-likeness (QED) is 0.165. The fourth-order valence-corrected chi connectivity index (χ4v) is 4.95. The molecule has 10 N–H and O–H groups in total. The van der Waals surface area contributed by atoms with Crippen LogP contribution in [0, 0.1) is 0 Å². The second-order valence-electron chi connectivity index (χ2n) is 10.4. The Kier molecular flexibility index (Phi) is 13.3. The average Bonchev–Trinajstić information content (AvgIpc) is 2.92. The summed E-state index contributed by atoms with van der Waals surface area (Å²) in [4.78, 5) is 22.5. The first kappa shape index (κ1) is 31.1. The number of carbonyl (C=O) groups excluding carboxylic acids is 1. The molecule has 0 atom stereocenters. The van der Waals surface area contributed by atoms with Gasteiger partial charge in [-0.2, -0.15) is 0 Å². The Morgan fingerprint density at radius 3 is 1.59 bits per heavy atom. The van der Waals surface area contributed by atoms with E-state index in [0.29, 0.717) is 12.2 Å². The van der Waals surface area contributed by atoms with E-state index in [-0.39, 0.29) is 11.1 Å². The third-order valence-corrected chi connectivity index (χ3v) is 7.03. The lowest BCUT2D eigenvalue weighted by atomic mass is 9.97. The molecule has 4 rings (SSSR count). The van der Waals surface area contributed by atoms with Crippen molar-refractivity contribution < 1.29 is 14.7 Å². The third-order valence-electron chi connectivity index (χ3n) is 7.03. The predicted molar refractivity (Wildman–Crippen MR) is 155 cm³/mol. The topological polar surface area (TPSA) is 163 Å². The van der Waals surface area contributed by atoms with Crippen molar-refractivity contribution >= 4 is 17.6 Å². The van der Waals surface area contributed by atoms with Crippen molar-refractivity contribution in [2.24, 2.45) is 0 Å². The molecule has 12 nitrogen and oxygen atoms in total. The van der Waals surface area contributed by atoms with Crippen molar-refractivity contribution in [3.05, 3.63) is 42.0 Å². The minimum atomic E-state index is -1.16. The molecule has 0 unspecified atom stereocenters. The maximum atomic E-state index is 11.9. The van der Waals surface area contributed by atoms with Crippen LogP contribution in [0.2, 0.25) is 0 Å². The van der Waals surface area contributed by atoms with E-state index in [1.54, 1.807) is 0 Å². The lowest BCUT2D eigenvalue weighted by Gasteiger charge is -2.39. The van der Waals surface area contributed by atoms with Crippen LogP contribution in [0.5, 0.6) is 0 Å². The van der Waals surface area contributed by atoms with Crippen LogP contribution in [0.3, 0.4) is 0 Å². The first-order valence-corrected chi connectivity index (χ1v) is 14.0. The van der Waals surface area contributed by atoms with Crippen LogP contribution in [0.4, 0.5) is 5.69 Å². The number of likely N-dealkylation sites (N-methyl/N-ethyl adjacent to an activating group) is 1. The van der Waals surface area contributed by atoms with E-state index in [1.165, 1.54) is 0 Å². The second-order valence-corrected chi connectivity index (χ2v) is 10.4. The van der Waals surface area contributed by atoms with Crippen LogP contribution in [-0.4, -0.2) is 113 Å². The fraction of sp³-hybridized carbons (Fsp3) is 0.630. The van der Waals surface area contributed by atoms with E-state index < -0.39 is 11.9 Å². The molecule has 0 spiro atoms. The SMILES string of the molecule is CCNC12CNCCNCC(NCc3ccc(NC(=O)/C=C/C(=O)O)cc3)(CNCCNC1)CNCCNC2. The molecular weight excluding hydrogens is 498 g/mol. The number of fused-ring (bicyclic) bond motifs is 15. The first-order valence-electron chi connectivity index (χ1n) is 14.0.